The van der Waals surface area contributed by atoms with Gasteiger partial charge in [-0.3, -0.25) is 9.59 Å². The minimum Gasteiger partial charge on any atom is -0.466 e. The minimum absolute atomic E-state index is 0.0638. The van der Waals surface area contributed by atoms with Gasteiger partial charge in [0, 0.05) is 29.9 Å². The van der Waals surface area contributed by atoms with Gasteiger partial charge in [0.15, 0.2) is 5.13 Å². The van der Waals surface area contributed by atoms with E-state index in [1.54, 1.807) is 12.3 Å². The second-order valence-electron chi connectivity index (χ2n) is 6.85. The Bertz CT molecular complexity index is 834. The molecule has 2 aromatic rings. The van der Waals surface area contributed by atoms with Crippen LogP contribution in [-0.2, 0) is 20.7 Å². The number of aryl methyl sites for hydroxylation is 2. The third-order valence-corrected chi connectivity index (χ3v) is 5.26. The SMILES string of the molecule is CCOC(=O)Cc1csc(NC(=O)[C@@H]2CCCN(c3nc(C)cc(C)n3)C2)n1. The Morgan fingerprint density at radius 1 is 1.29 bits per heavy atom. The van der Waals surface area contributed by atoms with Gasteiger partial charge in [0.25, 0.3) is 0 Å². The monoisotopic (exact) mass is 403 g/mol. The zero-order valence-corrected chi connectivity index (χ0v) is 17.2. The number of aromatic nitrogens is 3. The van der Waals surface area contributed by atoms with Crippen molar-refractivity contribution < 1.29 is 14.3 Å². The minimum atomic E-state index is -0.318. The number of thiazole rings is 1. The Labute approximate surface area is 168 Å². The third kappa shape index (κ3) is 5.25. The normalized spacial score (nSPS) is 16.7. The molecule has 2 aromatic heterocycles. The van der Waals surface area contributed by atoms with Gasteiger partial charge < -0.3 is 15.0 Å². The summed E-state index contributed by atoms with van der Waals surface area (Å²) < 4.78 is 4.92. The molecule has 0 saturated carbocycles. The molecule has 0 aliphatic carbocycles. The molecule has 3 heterocycles. The van der Waals surface area contributed by atoms with E-state index in [1.807, 2.05) is 19.9 Å². The molecule has 1 fully saturated rings. The molecule has 1 amide bonds. The van der Waals surface area contributed by atoms with Gasteiger partial charge in [-0.1, -0.05) is 0 Å². The molecule has 1 atom stereocenters. The third-order valence-electron chi connectivity index (χ3n) is 4.46. The van der Waals surface area contributed by atoms with E-state index in [0.29, 0.717) is 29.9 Å². The Balaban J connectivity index is 1.60. The van der Waals surface area contributed by atoms with Crippen LogP contribution in [0.1, 0.15) is 36.8 Å². The molecule has 0 aromatic carbocycles. The molecule has 150 valence electrons. The standard InChI is InChI=1S/C19H25N5O3S/c1-4-27-16(25)9-15-11-28-19(22-15)23-17(26)14-6-5-7-24(10-14)18-20-12(2)8-13(3)21-18/h8,11,14H,4-7,9-10H2,1-3H3,(H,22,23,26)/t14-/m1/s1. The maximum absolute atomic E-state index is 12.7. The van der Waals surface area contributed by atoms with Crippen LogP contribution < -0.4 is 10.2 Å². The van der Waals surface area contributed by atoms with Gasteiger partial charge in [-0.25, -0.2) is 15.0 Å². The molecule has 0 bridgehead atoms. The van der Waals surface area contributed by atoms with Crippen LogP contribution in [0.5, 0.6) is 0 Å². The van der Waals surface area contributed by atoms with Crippen LogP contribution >= 0.6 is 11.3 Å². The van der Waals surface area contributed by atoms with Crippen LogP contribution in [0.15, 0.2) is 11.4 Å². The topological polar surface area (TPSA) is 97.3 Å². The number of hydrogen-bond donors (Lipinski definition) is 1. The fourth-order valence-corrected chi connectivity index (χ4v) is 3.95. The Morgan fingerprint density at radius 3 is 2.75 bits per heavy atom. The highest BCUT2D eigenvalue weighted by molar-refractivity contribution is 7.13. The van der Waals surface area contributed by atoms with Gasteiger partial charge >= 0.3 is 5.97 Å². The number of piperidine rings is 1. The summed E-state index contributed by atoms with van der Waals surface area (Å²) in [6.07, 6.45) is 1.83. The maximum atomic E-state index is 12.7. The van der Waals surface area contributed by atoms with E-state index in [9.17, 15) is 9.59 Å². The highest BCUT2D eigenvalue weighted by Gasteiger charge is 2.28. The Kier molecular flexibility index (Phi) is 6.56. The summed E-state index contributed by atoms with van der Waals surface area (Å²) in [6, 6.07) is 1.94. The van der Waals surface area contributed by atoms with E-state index in [-0.39, 0.29) is 24.2 Å². The Hall–Kier alpha value is -2.55. The predicted octanol–water partition coefficient (Wildman–Crippen LogP) is 2.51. The van der Waals surface area contributed by atoms with Crippen molar-refractivity contribution in [2.75, 3.05) is 29.9 Å². The zero-order chi connectivity index (χ0) is 20.1. The van der Waals surface area contributed by atoms with Crippen LogP contribution in [0.3, 0.4) is 0 Å². The lowest BCUT2D eigenvalue weighted by Gasteiger charge is -2.32. The molecule has 3 rings (SSSR count). The smallest absolute Gasteiger partial charge is 0.311 e. The van der Waals surface area contributed by atoms with Crippen LogP contribution in [0.25, 0.3) is 0 Å². The lowest BCUT2D eigenvalue weighted by Crippen LogP contribution is -2.41. The van der Waals surface area contributed by atoms with Gasteiger partial charge in [0.2, 0.25) is 11.9 Å². The maximum Gasteiger partial charge on any atom is 0.311 e. The van der Waals surface area contributed by atoms with Crippen LogP contribution in [0, 0.1) is 19.8 Å². The van der Waals surface area contributed by atoms with Crippen molar-refractivity contribution in [3.05, 3.63) is 28.5 Å². The summed E-state index contributed by atoms with van der Waals surface area (Å²) in [6.45, 7) is 7.42. The largest absolute Gasteiger partial charge is 0.466 e. The van der Waals surface area contributed by atoms with E-state index >= 15 is 0 Å². The molecular formula is C19H25N5O3S. The summed E-state index contributed by atoms with van der Waals surface area (Å²) >= 11 is 1.31. The highest BCUT2D eigenvalue weighted by Crippen LogP contribution is 2.23. The fourth-order valence-electron chi connectivity index (χ4n) is 3.23. The van der Waals surface area contributed by atoms with E-state index in [2.05, 4.69) is 25.2 Å². The number of nitrogens with one attached hydrogen (secondary N) is 1. The van der Waals surface area contributed by atoms with Crippen molar-refractivity contribution in [3.63, 3.8) is 0 Å². The first-order valence-electron chi connectivity index (χ1n) is 9.42. The highest BCUT2D eigenvalue weighted by atomic mass is 32.1. The summed E-state index contributed by atoms with van der Waals surface area (Å²) in [4.78, 5) is 39.7. The number of rotatable bonds is 6. The second kappa shape index (κ2) is 9.09. The lowest BCUT2D eigenvalue weighted by molar-refractivity contribution is -0.142. The van der Waals surface area contributed by atoms with Gasteiger partial charge in [0.1, 0.15) is 0 Å². The number of anilines is 2. The lowest BCUT2D eigenvalue weighted by atomic mass is 9.97. The van der Waals surface area contributed by atoms with Crippen LogP contribution in [0.4, 0.5) is 11.1 Å². The van der Waals surface area contributed by atoms with Crippen molar-refractivity contribution in [1.29, 1.82) is 0 Å². The van der Waals surface area contributed by atoms with Crippen molar-refractivity contribution in [2.24, 2.45) is 5.92 Å². The van der Waals surface area contributed by atoms with Gasteiger partial charge in [0.05, 0.1) is 24.6 Å². The number of hydrogen-bond acceptors (Lipinski definition) is 8. The molecule has 1 aliphatic heterocycles. The first-order valence-corrected chi connectivity index (χ1v) is 10.3. The molecule has 0 spiro atoms. The van der Waals surface area contributed by atoms with Crippen molar-refractivity contribution >= 4 is 34.3 Å². The van der Waals surface area contributed by atoms with Crippen LogP contribution in [0.2, 0.25) is 0 Å². The average molecular weight is 404 g/mol. The predicted molar refractivity (Wildman–Crippen MR) is 108 cm³/mol. The number of nitrogens with zero attached hydrogens (tertiary/aromatic N) is 4. The van der Waals surface area contributed by atoms with E-state index in [0.717, 1.165) is 30.8 Å². The van der Waals surface area contributed by atoms with Crippen molar-refractivity contribution in [3.8, 4) is 0 Å². The Morgan fingerprint density at radius 2 is 2.04 bits per heavy atom. The fraction of sp³-hybridized carbons (Fsp3) is 0.526. The van der Waals surface area contributed by atoms with Gasteiger partial charge in [-0.2, -0.15) is 0 Å². The molecule has 0 radical (unpaired) electrons. The second-order valence-corrected chi connectivity index (χ2v) is 7.71. The number of ether oxygens (including phenoxy) is 1. The van der Waals surface area contributed by atoms with Crippen molar-refractivity contribution in [2.45, 2.75) is 40.0 Å². The molecule has 0 unspecified atom stereocenters. The van der Waals surface area contributed by atoms with E-state index < -0.39 is 0 Å². The number of esters is 1. The van der Waals surface area contributed by atoms with Gasteiger partial charge in [-0.05, 0) is 39.7 Å². The quantitative estimate of drug-likeness (QED) is 0.740. The van der Waals surface area contributed by atoms with Gasteiger partial charge in [-0.15, -0.1) is 11.3 Å². The molecular weight excluding hydrogens is 378 g/mol. The van der Waals surface area contributed by atoms with E-state index in [1.165, 1.54) is 11.3 Å². The summed E-state index contributed by atoms with van der Waals surface area (Å²) in [5.74, 6) is 0.143. The van der Waals surface area contributed by atoms with E-state index in [4.69, 9.17) is 4.74 Å². The van der Waals surface area contributed by atoms with Crippen molar-refractivity contribution in [1.82, 2.24) is 15.0 Å². The summed E-state index contributed by atoms with van der Waals surface area (Å²) in [7, 11) is 0. The molecule has 28 heavy (non-hydrogen) atoms. The summed E-state index contributed by atoms with van der Waals surface area (Å²) in [5.41, 5.74) is 2.45. The first kappa shape index (κ1) is 20.2. The molecule has 1 aliphatic rings. The molecule has 9 heteroatoms. The zero-order valence-electron chi connectivity index (χ0n) is 16.4. The molecule has 1 saturated heterocycles. The first-order chi connectivity index (χ1) is 13.4. The number of amides is 1. The molecule has 8 nitrogen and oxygen atoms in total. The number of carbonyl (C=O) groups is 2. The average Bonchev–Trinajstić information content (AvgIpc) is 3.08. The number of carbonyl (C=O) groups excluding carboxylic acids is 2. The summed E-state index contributed by atoms with van der Waals surface area (Å²) in [5, 5.41) is 5.15. The molecule has 1 N–H and O–H groups in total. The van der Waals surface area contributed by atoms with Crippen LogP contribution in [-0.4, -0.2) is 46.5 Å².